The fourth-order valence-corrected chi connectivity index (χ4v) is 5.48. The van der Waals surface area contributed by atoms with E-state index >= 15 is 0 Å². The molecule has 5 rings (SSSR count). The van der Waals surface area contributed by atoms with E-state index in [1.54, 1.807) is 12.0 Å². The summed E-state index contributed by atoms with van der Waals surface area (Å²) in [6.45, 7) is 5.25. The van der Waals surface area contributed by atoms with Crippen molar-refractivity contribution < 1.29 is 14.3 Å². The zero-order chi connectivity index (χ0) is 27.2. The smallest absolute Gasteiger partial charge is 0.266 e. The molecule has 1 aliphatic heterocycles. The normalized spacial score (nSPS) is 15.5. The number of aryl methyl sites for hydroxylation is 1. The minimum Gasteiger partial charge on any atom is -0.493 e. The average molecular weight is 537 g/mol. The van der Waals surface area contributed by atoms with Crippen LogP contribution >= 0.6 is 11.8 Å². The van der Waals surface area contributed by atoms with Gasteiger partial charge in [0.2, 0.25) is 0 Å². The fourth-order valence-electron chi connectivity index (χ4n) is 4.45. The molecule has 39 heavy (non-hydrogen) atoms. The van der Waals surface area contributed by atoms with Crippen LogP contribution in [0, 0.1) is 6.92 Å². The quantitative estimate of drug-likeness (QED) is 0.203. The van der Waals surface area contributed by atoms with Crippen molar-refractivity contribution in [3.8, 4) is 11.5 Å². The summed E-state index contributed by atoms with van der Waals surface area (Å²) in [5, 5.41) is 3.07. The molecule has 0 radical (unpaired) electrons. The van der Waals surface area contributed by atoms with Crippen molar-refractivity contribution in [2.45, 2.75) is 33.3 Å². The van der Waals surface area contributed by atoms with Crippen LogP contribution in [0.4, 0.5) is 5.69 Å². The highest BCUT2D eigenvalue weighted by Crippen LogP contribution is 2.36. The standard InChI is InChI=1S/C33H32N2O3S/c1-4-5-19-35-32(36)31(39-33(35)34-27-16-13-23(2)14-17-27)21-24-15-18-29(30(20-24)37-3)38-22-26-11-8-10-25-9-6-7-12-28(25)26/h6-18,20-21H,4-5,19,22H2,1-3H3/b31-21+,34-33?. The van der Waals surface area contributed by atoms with E-state index in [1.165, 1.54) is 28.1 Å². The summed E-state index contributed by atoms with van der Waals surface area (Å²) in [6, 6.07) is 28.3. The van der Waals surface area contributed by atoms with Crippen molar-refractivity contribution in [2.75, 3.05) is 13.7 Å². The summed E-state index contributed by atoms with van der Waals surface area (Å²) in [5.74, 6) is 1.26. The zero-order valence-corrected chi connectivity index (χ0v) is 23.3. The molecule has 1 fully saturated rings. The van der Waals surface area contributed by atoms with Gasteiger partial charge in [-0.2, -0.15) is 0 Å². The van der Waals surface area contributed by atoms with E-state index in [1.807, 2.05) is 73.7 Å². The molecule has 6 heteroatoms. The molecule has 0 unspecified atom stereocenters. The van der Waals surface area contributed by atoms with Gasteiger partial charge in [0.25, 0.3) is 5.91 Å². The molecule has 4 aromatic rings. The van der Waals surface area contributed by atoms with Gasteiger partial charge in [-0.3, -0.25) is 9.69 Å². The van der Waals surface area contributed by atoms with Crippen LogP contribution in [0.25, 0.3) is 16.8 Å². The molecular weight excluding hydrogens is 504 g/mol. The topological polar surface area (TPSA) is 51.1 Å². The zero-order valence-electron chi connectivity index (χ0n) is 22.5. The largest absolute Gasteiger partial charge is 0.493 e. The Morgan fingerprint density at radius 3 is 2.54 bits per heavy atom. The van der Waals surface area contributed by atoms with Gasteiger partial charge in [0, 0.05) is 6.54 Å². The van der Waals surface area contributed by atoms with Gasteiger partial charge in [0.05, 0.1) is 17.7 Å². The fraction of sp³-hybridized carbons (Fsp3) is 0.212. The van der Waals surface area contributed by atoms with Crippen LogP contribution in [0.5, 0.6) is 11.5 Å². The highest BCUT2D eigenvalue weighted by molar-refractivity contribution is 8.18. The van der Waals surface area contributed by atoms with Gasteiger partial charge in [0.1, 0.15) is 6.61 Å². The number of thioether (sulfide) groups is 1. The Hall–Kier alpha value is -4.03. The number of unbranched alkanes of at least 4 members (excludes halogenated alkanes) is 1. The van der Waals surface area contributed by atoms with Crippen molar-refractivity contribution in [3.63, 3.8) is 0 Å². The highest BCUT2D eigenvalue weighted by Gasteiger charge is 2.33. The highest BCUT2D eigenvalue weighted by atomic mass is 32.2. The number of carbonyl (C=O) groups is 1. The van der Waals surface area contributed by atoms with Gasteiger partial charge in [-0.25, -0.2) is 4.99 Å². The molecule has 0 spiro atoms. The Morgan fingerprint density at radius 2 is 1.74 bits per heavy atom. The number of rotatable bonds is 9. The third-order valence-electron chi connectivity index (χ3n) is 6.63. The number of amides is 1. The van der Waals surface area contributed by atoms with Gasteiger partial charge in [-0.05, 0) is 77.3 Å². The summed E-state index contributed by atoms with van der Waals surface area (Å²) in [5.41, 5.74) is 4.00. The third kappa shape index (κ3) is 6.18. The first kappa shape index (κ1) is 26.6. The SMILES string of the molecule is CCCCN1C(=O)/C(=C\c2ccc(OCc3cccc4ccccc34)c(OC)c2)SC1=Nc1ccc(C)cc1. The molecule has 0 bridgehead atoms. The van der Waals surface area contributed by atoms with Gasteiger partial charge in [-0.1, -0.05) is 79.6 Å². The first-order valence-corrected chi connectivity index (χ1v) is 14.0. The first-order valence-electron chi connectivity index (χ1n) is 13.2. The number of hydrogen-bond acceptors (Lipinski definition) is 5. The van der Waals surface area contributed by atoms with E-state index < -0.39 is 0 Å². The van der Waals surface area contributed by atoms with Crippen LogP contribution in [0.15, 0.2) is 94.8 Å². The van der Waals surface area contributed by atoms with Crippen LogP contribution < -0.4 is 9.47 Å². The second kappa shape index (κ2) is 12.2. The van der Waals surface area contributed by atoms with Gasteiger partial charge < -0.3 is 9.47 Å². The molecule has 1 saturated heterocycles. The van der Waals surface area contributed by atoms with Crippen molar-refractivity contribution in [3.05, 3.63) is 107 Å². The molecule has 0 saturated carbocycles. The molecule has 0 aliphatic carbocycles. The van der Waals surface area contributed by atoms with Gasteiger partial charge in [-0.15, -0.1) is 0 Å². The summed E-state index contributed by atoms with van der Waals surface area (Å²) in [4.78, 5) is 20.6. The molecule has 0 atom stereocenters. The minimum atomic E-state index is -0.0189. The minimum absolute atomic E-state index is 0.0189. The maximum atomic E-state index is 13.4. The summed E-state index contributed by atoms with van der Waals surface area (Å²) in [7, 11) is 1.63. The van der Waals surface area contributed by atoms with Crippen LogP contribution in [-0.2, 0) is 11.4 Å². The Bertz CT molecular complexity index is 1540. The van der Waals surface area contributed by atoms with Gasteiger partial charge >= 0.3 is 0 Å². The first-order chi connectivity index (χ1) is 19.1. The number of hydrogen-bond donors (Lipinski definition) is 0. The van der Waals surface area contributed by atoms with E-state index in [2.05, 4.69) is 31.2 Å². The van der Waals surface area contributed by atoms with Crippen LogP contribution in [0.3, 0.4) is 0 Å². The lowest BCUT2D eigenvalue weighted by Crippen LogP contribution is -2.30. The second-order valence-corrected chi connectivity index (χ2v) is 10.5. The number of fused-ring (bicyclic) bond motifs is 1. The summed E-state index contributed by atoms with van der Waals surface area (Å²) in [6.07, 6.45) is 3.83. The number of amidine groups is 1. The molecule has 0 N–H and O–H groups in total. The van der Waals surface area contributed by atoms with E-state index in [9.17, 15) is 4.79 Å². The second-order valence-electron chi connectivity index (χ2n) is 9.49. The number of aliphatic imine (C=N–C) groups is 1. The lowest BCUT2D eigenvalue weighted by atomic mass is 10.1. The van der Waals surface area contributed by atoms with Crippen LogP contribution in [-0.4, -0.2) is 29.6 Å². The predicted octanol–water partition coefficient (Wildman–Crippen LogP) is 8.14. The van der Waals surface area contributed by atoms with Crippen LogP contribution in [0.2, 0.25) is 0 Å². The van der Waals surface area contributed by atoms with E-state index in [0.717, 1.165) is 29.7 Å². The molecule has 0 aromatic heterocycles. The van der Waals surface area contributed by atoms with E-state index in [0.29, 0.717) is 34.7 Å². The van der Waals surface area contributed by atoms with E-state index in [-0.39, 0.29) is 5.91 Å². The lowest BCUT2D eigenvalue weighted by Gasteiger charge is -2.14. The Labute approximate surface area is 234 Å². The molecule has 5 nitrogen and oxygen atoms in total. The molecule has 198 valence electrons. The third-order valence-corrected chi connectivity index (χ3v) is 7.64. The predicted molar refractivity (Wildman–Crippen MR) is 162 cm³/mol. The number of ether oxygens (including phenoxy) is 2. The molecular formula is C33H32N2O3S. The van der Waals surface area contributed by atoms with Crippen LogP contribution in [0.1, 0.15) is 36.5 Å². The van der Waals surface area contributed by atoms with Crippen molar-refractivity contribution >= 4 is 45.4 Å². The number of carbonyl (C=O) groups excluding carboxylic acids is 1. The average Bonchev–Trinajstić information content (AvgIpc) is 3.25. The monoisotopic (exact) mass is 536 g/mol. The summed E-state index contributed by atoms with van der Waals surface area (Å²) < 4.78 is 11.8. The molecule has 4 aromatic carbocycles. The Morgan fingerprint density at radius 1 is 0.949 bits per heavy atom. The number of nitrogens with zero attached hydrogens (tertiary/aromatic N) is 2. The Kier molecular flexibility index (Phi) is 8.33. The van der Waals surface area contributed by atoms with Gasteiger partial charge in [0.15, 0.2) is 16.7 Å². The van der Waals surface area contributed by atoms with Crippen molar-refractivity contribution in [2.24, 2.45) is 4.99 Å². The van der Waals surface area contributed by atoms with Crippen molar-refractivity contribution in [1.82, 2.24) is 4.90 Å². The molecule has 1 amide bonds. The number of benzene rings is 4. The van der Waals surface area contributed by atoms with E-state index in [4.69, 9.17) is 14.5 Å². The lowest BCUT2D eigenvalue weighted by molar-refractivity contribution is -0.122. The van der Waals surface area contributed by atoms with Crippen molar-refractivity contribution in [1.29, 1.82) is 0 Å². The maximum Gasteiger partial charge on any atom is 0.266 e. The summed E-state index contributed by atoms with van der Waals surface area (Å²) >= 11 is 1.41. The maximum absolute atomic E-state index is 13.4. The number of methoxy groups -OCH3 is 1. The molecule has 1 aliphatic rings. The molecule has 1 heterocycles. The Balaban J connectivity index is 1.37.